The quantitative estimate of drug-likeness (QED) is 0.461. The molecule has 70 valence electrons. The van der Waals surface area contributed by atoms with Crippen LogP contribution in [0.15, 0.2) is 15.9 Å². The van der Waals surface area contributed by atoms with Crippen LogP contribution < -0.4 is 62.6 Å². The first-order chi connectivity index (χ1) is 6.13. The van der Waals surface area contributed by atoms with E-state index in [9.17, 15) is 9.59 Å². The standard InChI is InChI=1S/C7H8N4O2.K.H/c1-10-5-4(8-3-9-5)6(12)11(2)7(10)13;;/h3H,1-2H3,(H,8,9);;/q;+1;-1. The van der Waals surface area contributed by atoms with Gasteiger partial charge < -0.3 is 6.41 Å². The van der Waals surface area contributed by atoms with Crippen molar-refractivity contribution in [2.24, 2.45) is 14.1 Å². The summed E-state index contributed by atoms with van der Waals surface area (Å²) in [5.41, 5.74) is 0.0119. The summed E-state index contributed by atoms with van der Waals surface area (Å²) in [6, 6.07) is 0. The molecule has 0 bridgehead atoms. The van der Waals surface area contributed by atoms with E-state index < -0.39 is 0 Å². The van der Waals surface area contributed by atoms with Crippen molar-refractivity contribution in [3.63, 3.8) is 0 Å². The van der Waals surface area contributed by atoms with E-state index in [4.69, 9.17) is 0 Å². The molecule has 2 heterocycles. The number of aryl methyl sites for hydroxylation is 1. The molecular weight excluding hydrogens is 211 g/mol. The topological polar surface area (TPSA) is 72.7 Å². The SMILES string of the molecule is Cn1c(=O)c2[nH]cnc2n(C)c1=O.[H-].[K+]. The van der Waals surface area contributed by atoms with Crippen LogP contribution >= 0.6 is 0 Å². The van der Waals surface area contributed by atoms with Gasteiger partial charge in [0.05, 0.1) is 6.33 Å². The molecule has 0 amide bonds. The van der Waals surface area contributed by atoms with Gasteiger partial charge in [-0.05, 0) is 0 Å². The molecule has 0 aliphatic heterocycles. The maximum absolute atomic E-state index is 11.4. The molecule has 2 aromatic heterocycles. The van der Waals surface area contributed by atoms with Gasteiger partial charge in [0, 0.05) is 14.1 Å². The molecule has 0 aliphatic rings. The zero-order chi connectivity index (χ0) is 9.59. The number of imidazole rings is 1. The molecule has 2 rings (SSSR count). The van der Waals surface area contributed by atoms with Crippen LogP contribution in [0.2, 0.25) is 0 Å². The van der Waals surface area contributed by atoms with Crippen molar-refractivity contribution in [1.29, 1.82) is 0 Å². The molecule has 1 N–H and O–H groups in total. The molecule has 0 aliphatic carbocycles. The van der Waals surface area contributed by atoms with E-state index >= 15 is 0 Å². The molecule has 0 radical (unpaired) electrons. The van der Waals surface area contributed by atoms with E-state index in [1.807, 2.05) is 0 Å². The minimum Gasteiger partial charge on any atom is -1.00 e. The molecule has 0 saturated heterocycles. The number of aromatic amines is 1. The van der Waals surface area contributed by atoms with Crippen molar-refractivity contribution in [3.05, 3.63) is 27.2 Å². The number of nitrogens with one attached hydrogen (secondary N) is 1. The predicted octanol–water partition coefficient (Wildman–Crippen LogP) is -3.92. The van der Waals surface area contributed by atoms with Gasteiger partial charge in [0.1, 0.15) is 5.52 Å². The Kier molecular flexibility index (Phi) is 3.48. The van der Waals surface area contributed by atoms with Crippen LogP contribution in [-0.4, -0.2) is 19.1 Å². The van der Waals surface area contributed by atoms with Crippen LogP contribution in [0.4, 0.5) is 0 Å². The summed E-state index contributed by atoms with van der Waals surface area (Å²) >= 11 is 0. The normalized spacial score (nSPS) is 10.1. The van der Waals surface area contributed by atoms with E-state index in [1.165, 1.54) is 17.9 Å². The predicted molar refractivity (Wildman–Crippen MR) is 47.7 cm³/mol. The van der Waals surface area contributed by atoms with Crippen LogP contribution in [0.3, 0.4) is 0 Å². The third-order valence-electron chi connectivity index (χ3n) is 2.03. The van der Waals surface area contributed by atoms with Gasteiger partial charge in [0.25, 0.3) is 5.56 Å². The molecule has 14 heavy (non-hydrogen) atoms. The molecule has 0 fully saturated rings. The van der Waals surface area contributed by atoms with E-state index in [-0.39, 0.29) is 64.1 Å². The molecule has 0 unspecified atom stereocenters. The minimum atomic E-state index is -0.371. The summed E-state index contributed by atoms with van der Waals surface area (Å²) in [7, 11) is 3.01. The van der Waals surface area contributed by atoms with Gasteiger partial charge in [-0.15, -0.1) is 0 Å². The maximum Gasteiger partial charge on any atom is 1.00 e. The number of aromatic nitrogens is 4. The van der Waals surface area contributed by atoms with Crippen LogP contribution in [-0.2, 0) is 14.1 Å². The minimum absolute atomic E-state index is 0. The van der Waals surface area contributed by atoms with Gasteiger partial charge in [-0.3, -0.25) is 13.9 Å². The van der Waals surface area contributed by atoms with Crippen molar-refractivity contribution < 1.29 is 52.8 Å². The number of rotatable bonds is 0. The second-order valence-electron chi connectivity index (χ2n) is 2.81. The summed E-state index contributed by atoms with van der Waals surface area (Å²) in [4.78, 5) is 29.4. The summed E-state index contributed by atoms with van der Waals surface area (Å²) in [6.45, 7) is 0. The molecule has 7 heteroatoms. The van der Waals surface area contributed by atoms with Crippen LogP contribution in [0.25, 0.3) is 11.2 Å². The van der Waals surface area contributed by atoms with Crippen molar-refractivity contribution in [3.8, 4) is 0 Å². The van der Waals surface area contributed by atoms with Crippen molar-refractivity contribution >= 4 is 11.2 Å². The average molecular weight is 220 g/mol. The molecular formula is C7H9KN4O2. The third kappa shape index (κ3) is 1.55. The zero-order valence-electron chi connectivity index (χ0n) is 9.24. The Morgan fingerprint density at radius 3 is 2.64 bits per heavy atom. The van der Waals surface area contributed by atoms with Crippen LogP contribution in [0, 0.1) is 0 Å². The van der Waals surface area contributed by atoms with Gasteiger partial charge in [-0.2, -0.15) is 0 Å². The molecule has 0 saturated carbocycles. The number of nitrogens with zero attached hydrogens (tertiary/aromatic N) is 3. The van der Waals surface area contributed by atoms with Gasteiger partial charge in [0.2, 0.25) is 0 Å². The van der Waals surface area contributed by atoms with Crippen molar-refractivity contribution in [1.82, 2.24) is 19.1 Å². The fourth-order valence-electron chi connectivity index (χ4n) is 1.27. The monoisotopic (exact) mass is 220 g/mol. The van der Waals surface area contributed by atoms with Crippen molar-refractivity contribution in [2.75, 3.05) is 0 Å². The number of hydrogen-bond acceptors (Lipinski definition) is 3. The van der Waals surface area contributed by atoms with E-state index in [1.54, 1.807) is 7.05 Å². The summed E-state index contributed by atoms with van der Waals surface area (Å²) < 4.78 is 2.37. The number of hydrogen-bond donors (Lipinski definition) is 1. The molecule has 6 nitrogen and oxygen atoms in total. The first-order valence-corrected chi connectivity index (χ1v) is 3.72. The number of H-pyrrole nitrogens is 1. The average Bonchev–Trinajstić information content (AvgIpc) is 2.59. The van der Waals surface area contributed by atoms with Crippen LogP contribution in [0.5, 0.6) is 0 Å². The Hall–Kier alpha value is -0.214. The Balaban J connectivity index is 0.000000980. The van der Waals surface area contributed by atoms with Gasteiger partial charge in [-0.25, -0.2) is 9.78 Å². The Bertz CT molecular complexity index is 585. The molecule has 0 atom stereocenters. The summed E-state index contributed by atoms with van der Waals surface area (Å²) in [5.74, 6) is 0. The number of fused-ring (bicyclic) bond motifs is 1. The van der Waals surface area contributed by atoms with Crippen LogP contribution in [0.1, 0.15) is 1.43 Å². The summed E-state index contributed by atoms with van der Waals surface area (Å²) in [5, 5.41) is 0. The fourth-order valence-corrected chi connectivity index (χ4v) is 1.27. The van der Waals surface area contributed by atoms with Gasteiger partial charge in [0.15, 0.2) is 5.65 Å². The van der Waals surface area contributed by atoms with Crippen molar-refractivity contribution in [2.45, 2.75) is 0 Å². The zero-order valence-corrected chi connectivity index (χ0v) is 11.4. The first kappa shape index (κ1) is 11.9. The smallest absolute Gasteiger partial charge is 1.00 e. The summed E-state index contributed by atoms with van der Waals surface area (Å²) in [6.07, 6.45) is 1.39. The Labute approximate surface area is 123 Å². The van der Waals surface area contributed by atoms with E-state index in [0.717, 1.165) is 4.57 Å². The van der Waals surface area contributed by atoms with Gasteiger partial charge in [-0.1, -0.05) is 0 Å². The van der Waals surface area contributed by atoms with E-state index in [2.05, 4.69) is 9.97 Å². The second kappa shape index (κ2) is 4.11. The third-order valence-corrected chi connectivity index (χ3v) is 2.03. The molecule has 2 aromatic rings. The molecule has 0 spiro atoms. The van der Waals surface area contributed by atoms with Gasteiger partial charge >= 0.3 is 57.1 Å². The van der Waals surface area contributed by atoms with E-state index in [0.29, 0.717) is 11.2 Å². The Morgan fingerprint density at radius 1 is 1.36 bits per heavy atom. The maximum atomic E-state index is 11.4. The first-order valence-electron chi connectivity index (χ1n) is 3.72. The second-order valence-corrected chi connectivity index (χ2v) is 2.81. The molecule has 0 aromatic carbocycles. The Morgan fingerprint density at radius 2 is 2.00 bits per heavy atom. The largest absolute Gasteiger partial charge is 1.00 e. The fraction of sp³-hybridized carbons (Fsp3) is 0.286.